The van der Waals surface area contributed by atoms with Gasteiger partial charge in [-0.1, -0.05) is 0 Å². The fourth-order valence-electron chi connectivity index (χ4n) is 3.05. The maximum Gasteiger partial charge on any atom is 0.273 e. The molecule has 3 aliphatic rings. The standard InChI is InChI=1S/C14H15N5O/c20-12-8-11(9-3-6-15-7-4-9)19-14(17-12)13-10(18-19)2-1-5-16-13/h1-2,5,8-9,13,15H,3-4,6-7H2. The van der Waals surface area contributed by atoms with Gasteiger partial charge in [-0.25, -0.2) is 4.68 Å². The van der Waals surface area contributed by atoms with E-state index in [1.54, 1.807) is 12.3 Å². The van der Waals surface area contributed by atoms with E-state index in [0.717, 1.165) is 37.3 Å². The first-order chi connectivity index (χ1) is 9.83. The molecule has 0 spiro atoms. The quantitative estimate of drug-likeness (QED) is 0.812. The number of nitrogens with zero attached hydrogens (tertiary/aromatic N) is 4. The average molecular weight is 269 g/mol. The molecule has 1 N–H and O–H groups in total. The van der Waals surface area contributed by atoms with E-state index in [2.05, 4.69) is 20.4 Å². The minimum absolute atomic E-state index is 0.189. The van der Waals surface area contributed by atoms with Gasteiger partial charge in [0.05, 0.1) is 11.4 Å². The van der Waals surface area contributed by atoms with Gasteiger partial charge < -0.3 is 5.32 Å². The van der Waals surface area contributed by atoms with Gasteiger partial charge in [-0.15, -0.1) is 0 Å². The molecule has 3 aliphatic heterocycles. The maximum atomic E-state index is 11.9. The van der Waals surface area contributed by atoms with Gasteiger partial charge in [0.2, 0.25) is 0 Å². The number of fused-ring (bicyclic) bond motifs is 3. The number of hydrogen-bond donors (Lipinski definition) is 1. The Hall–Kier alpha value is -2.08. The molecular formula is C14H15N5O. The lowest BCUT2D eigenvalue weighted by Gasteiger charge is -2.24. The molecule has 20 heavy (non-hydrogen) atoms. The molecule has 6 nitrogen and oxygen atoms in total. The summed E-state index contributed by atoms with van der Waals surface area (Å²) in [6.45, 7) is 1.96. The number of aliphatic imine (C=N–C) groups is 1. The number of rotatable bonds is 1. The van der Waals surface area contributed by atoms with Crippen molar-refractivity contribution in [3.63, 3.8) is 0 Å². The molecule has 1 aromatic rings. The highest BCUT2D eigenvalue weighted by Crippen LogP contribution is 2.31. The molecule has 102 valence electrons. The molecule has 0 amide bonds. The van der Waals surface area contributed by atoms with E-state index in [-0.39, 0.29) is 11.6 Å². The largest absolute Gasteiger partial charge is 0.317 e. The fourth-order valence-corrected chi connectivity index (χ4v) is 3.05. The van der Waals surface area contributed by atoms with Crippen LogP contribution in [-0.2, 0) is 0 Å². The molecule has 4 rings (SSSR count). The Labute approximate surface area is 115 Å². The molecule has 0 bridgehead atoms. The number of dihydropyridines is 1. The van der Waals surface area contributed by atoms with Crippen LogP contribution in [0.25, 0.3) is 0 Å². The van der Waals surface area contributed by atoms with Gasteiger partial charge in [0.1, 0.15) is 0 Å². The van der Waals surface area contributed by atoms with Crippen molar-refractivity contribution in [3.05, 3.63) is 40.1 Å². The molecule has 0 aromatic carbocycles. The van der Waals surface area contributed by atoms with E-state index in [0.29, 0.717) is 11.7 Å². The van der Waals surface area contributed by atoms with Crippen molar-refractivity contribution in [2.45, 2.75) is 24.8 Å². The molecule has 1 fully saturated rings. The van der Waals surface area contributed by atoms with Crippen molar-refractivity contribution in [2.75, 3.05) is 13.1 Å². The van der Waals surface area contributed by atoms with Crippen molar-refractivity contribution >= 4 is 11.9 Å². The normalized spacial score (nSPS) is 24.4. The summed E-state index contributed by atoms with van der Waals surface area (Å²) in [5, 5.41) is 7.94. The van der Waals surface area contributed by atoms with E-state index in [1.807, 2.05) is 16.8 Å². The zero-order valence-corrected chi connectivity index (χ0v) is 11.0. The number of allylic oxidation sites excluding steroid dienone is 1. The Bertz CT molecular complexity index is 694. The van der Waals surface area contributed by atoms with Gasteiger partial charge in [-0.05, 0) is 38.1 Å². The summed E-state index contributed by atoms with van der Waals surface area (Å²) in [6, 6.07) is 1.42. The first-order valence-corrected chi connectivity index (χ1v) is 6.96. The molecule has 1 saturated heterocycles. The lowest BCUT2D eigenvalue weighted by atomic mass is 9.94. The Kier molecular flexibility index (Phi) is 2.63. The lowest BCUT2D eigenvalue weighted by Crippen LogP contribution is -2.29. The molecular weight excluding hydrogens is 254 g/mol. The number of aromatic nitrogens is 2. The minimum Gasteiger partial charge on any atom is -0.317 e. The van der Waals surface area contributed by atoms with Crippen LogP contribution in [0.5, 0.6) is 0 Å². The van der Waals surface area contributed by atoms with Crippen LogP contribution in [-0.4, -0.2) is 34.7 Å². The van der Waals surface area contributed by atoms with E-state index in [1.165, 1.54) is 0 Å². The molecule has 0 radical (unpaired) electrons. The van der Waals surface area contributed by atoms with Gasteiger partial charge >= 0.3 is 0 Å². The molecule has 0 saturated carbocycles. The van der Waals surface area contributed by atoms with Gasteiger partial charge in [0.25, 0.3) is 5.56 Å². The van der Waals surface area contributed by atoms with Crippen LogP contribution in [0.2, 0.25) is 0 Å². The van der Waals surface area contributed by atoms with Gasteiger partial charge in [0.15, 0.2) is 11.9 Å². The third kappa shape index (κ3) is 1.76. The summed E-state index contributed by atoms with van der Waals surface area (Å²) >= 11 is 0. The van der Waals surface area contributed by atoms with Gasteiger partial charge in [-0.2, -0.15) is 10.1 Å². The molecule has 0 aliphatic carbocycles. The van der Waals surface area contributed by atoms with E-state index >= 15 is 0 Å². The zero-order valence-electron chi connectivity index (χ0n) is 11.0. The van der Waals surface area contributed by atoms with Crippen LogP contribution >= 0.6 is 0 Å². The monoisotopic (exact) mass is 269 g/mol. The van der Waals surface area contributed by atoms with E-state index in [4.69, 9.17) is 0 Å². The second-order valence-corrected chi connectivity index (χ2v) is 5.30. The molecule has 1 aromatic heterocycles. The fraction of sp³-hybridized carbons (Fsp3) is 0.429. The van der Waals surface area contributed by atoms with Crippen LogP contribution in [0.1, 0.15) is 36.3 Å². The second kappa shape index (κ2) is 4.49. The van der Waals surface area contributed by atoms with Crippen LogP contribution in [0.4, 0.5) is 0 Å². The van der Waals surface area contributed by atoms with Crippen LogP contribution < -0.4 is 10.9 Å². The summed E-state index contributed by atoms with van der Waals surface area (Å²) < 4.78 is 1.84. The van der Waals surface area contributed by atoms with Crippen LogP contribution in [0.15, 0.2) is 33.1 Å². The Morgan fingerprint density at radius 3 is 3.00 bits per heavy atom. The Morgan fingerprint density at radius 1 is 1.30 bits per heavy atom. The third-order valence-electron chi connectivity index (χ3n) is 4.04. The van der Waals surface area contributed by atoms with Crippen LogP contribution in [0, 0.1) is 0 Å². The minimum atomic E-state index is -0.214. The van der Waals surface area contributed by atoms with E-state index in [9.17, 15) is 4.79 Å². The lowest BCUT2D eigenvalue weighted by molar-refractivity contribution is 0.439. The van der Waals surface area contributed by atoms with Crippen molar-refractivity contribution in [1.82, 2.24) is 15.0 Å². The highest BCUT2D eigenvalue weighted by Gasteiger charge is 2.31. The average Bonchev–Trinajstić information content (AvgIpc) is 2.86. The van der Waals surface area contributed by atoms with Crippen molar-refractivity contribution in [1.29, 1.82) is 0 Å². The smallest absolute Gasteiger partial charge is 0.273 e. The summed E-state index contributed by atoms with van der Waals surface area (Å²) in [5.41, 5.74) is 1.65. The maximum absolute atomic E-state index is 11.9. The Morgan fingerprint density at radius 2 is 2.15 bits per heavy atom. The number of hydrogen-bond acceptors (Lipinski definition) is 5. The van der Waals surface area contributed by atoms with Gasteiger partial charge in [-0.3, -0.25) is 9.79 Å². The van der Waals surface area contributed by atoms with Crippen LogP contribution in [0.3, 0.4) is 0 Å². The SMILES string of the molecule is O=c1cc(C2CCNCC2)n2c(n1)C1N=CC=CC1=N2. The van der Waals surface area contributed by atoms with Gasteiger partial charge in [0, 0.05) is 18.2 Å². The molecule has 4 heterocycles. The molecule has 6 heteroatoms. The summed E-state index contributed by atoms with van der Waals surface area (Å²) in [7, 11) is 0. The first kappa shape index (κ1) is 11.7. The summed E-state index contributed by atoms with van der Waals surface area (Å²) in [5.74, 6) is 1.02. The molecule has 1 atom stereocenters. The highest BCUT2D eigenvalue weighted by molar-refractivity contribution is 6.05. The number of piperidine rings is 1. The predicted octanol–water partition coefficient (Wildman–Crippen LogP) is 0.610. The van der Waals surface area contributed by atoms with Crippen molar-refractivity contribution < 1.29 is 0 Å². The summed E-state index contributed by atoms with van der Waals surface area (Å²) in [4.78, 5) is 20.4. The second-order valence-electron chi connectivity index (χ2n) is 5.30. The predicted molar refractivity (Wildman–Crippen MR) is 76.5 cm³/mol. The van der Waals surface area contributed by atoms with Crippen molar-refractivity contribution in [3.8, 4) is 0 Å². The number of nitrogens with one attached hydrogen (secondary N) is 1. The van der Waals surface area contributed by atoms with E-state index < -0.39 is 0 Å². The Balaban J connectivity index is 1.85. The first-order valence-electron chi connectivity index (χ1n) is 6.96. The summed E-state index contributed by atoms with van der Waals surface area (Å²) in [6.07, 6.45) is 7.59. The third-order valence-corrected chi connectivity index (χ3v) is 4.04. The molecule has 1 unspecified atom stereocenters. The van der Waals surface area contributed by atoms with Crippen molar-refractivity contribution in [2.24, 2.45) is 10.1 Å². The zero-order chi connectivity index (χ0) is 13.5. The topological polar surface area (TPSA) is 71.6 Å². The highest BCUT2D eigenvalue weighted by atomic mass is 16.1.